The van der Waals surface area contributed by atoms with Gasteiger partial charge in [0, 0.05) is 51.8 Å². The van der Waals surface area contributed by atoms with Gasteiger partial charge in [0.2, 0.25) is 0 Å². The second-order valence-corrected chi connectivity index (χ2v) is 8.90. The third-order valence-corrected chi connectivity index (χ3v) is 5.83. The van der Waals surface area contributed by atoms with E-state index < -0.39 is 0 Å². The van der Waals surface area contributed by atoms with Gasteiger partial charge < -0.3 is 0 Å². The van der Waals surface area contributed by atoms with Gasteiger partial charge in [-0.15, -0.1) is 0 Å². The van der Waals surface area contributed by atoms with Crippen LogP contribution in [0.1, 0.15) is 25.7 Å². The zero-order chi connectivity index (χ0) is 12.1. The maximum Gasteiger partial charge on any atom is 0.0311 e. The number of aromatic nitrogens is 2. The van der Waals surface area contributed by atoms with Crippen LogP contribution in [0.2, 0.25) is 0 Å². The summed E-state index contributed by atoms with van der Waals surface area (Å²) in [7, 11) is 4.06. The number of hydrogen-bond donors (Lipinski definition) is 0. The molecule has 0 spiro atoms. The van der Waals surface area contributed by atoms with E-state index >= 15 is 0 Å². The molecule has 1 aromatic rings. The number of nitrogens with zero attached hydrogens (tertiary/aromatic N) is 3. The fourth-order valence-corrected chi connectivity index (χ4v) is 3.11. The van der Waals surface area contributed by atoms with E-state index in [9.17, 15) is 0 Å². The van der Waals surface area contributed by atoms with Crippen LogP contribution in [-0.2, 0) is 33.4 Å². The first-order valence-electron chi connectivity index (χ1n) is 5.26. The second-order valence-electron chi connectivity index (χ2n) is 3.96. The Morgan fingerprint density at radius 2 is 1.62 bits per heavy atom. The molecular weight excluding hydrogens is 611 g/mol. The molecule has 0 aliphatic heterocycles. The Kier molecular flexibility index (Phi) is 7.39. The molecule has 0 bridgehead atoms. The van der Waals surface area contributed by atoms with E-state index in [2.05, 4.69) is 75.5 Å². The first-order valence-corrected chi connectivity index (χ1v) is 8.33. The first-order chi connectivity index (χ1) is 7.52. The van der Waals surface area contributed by atoms with E-state index in [4.69, 9.17) is 0 Å². The molecule has 0 saturated heterocycles. The number of imidazole rings is 1. The largest absolute Gasteiger partial charge is 0.185 e. The fourth-order valence-electron chi connectivity index (χ4n) is 1.66. The van der Waals surface area contributed by atoms with Crippen molar-refractivity contribution in [2.24, 2.45) is 14.1 Å². The monoisotopic (exact) mass is 628 g/mol. The summed E-state index contributed by atoms with van der Waals surface area (Å²) < 4.78 is 7.66. The van der Waals surface area contributed by atoms with Gasteiger partial charge in [-0.25, -0.2) is 0 Å². The van der Waals surface area contributed by atoms with Crippen molar-refractivity contribution < 1.29 is 19.4 Å². The van der Waals surface area contributed by atoms with Crippen LogP contribution in [0, 0.1) is 3.80 Å². The molecule has 1 fully saturated rings. The van der Waals surface area contributed by atoms with E-state index in [1.54, 1.807) is 0 Å². The molecule has 0 aromatic carbocycles. The van der Waals surface area contributed by atoms with Crippen molar-refractivity contribution >= 4 is 45.7 Å². The average Bonchev–Trinajstić information content (AvgIpc) is 2.86. The summed E-state index contributed by atoms with van der Waals surface area (Å²) in [6, 6.07) is 0.871. The number of rotatable bonds is 1. The third-order valence-electron chi connectivity index (χ3n) is 2.65. The zero-order valence-electron chi connectivity index (χ0n) is 9.47. The minimum absolute atomic E-state index is 0.871. The number of hydrogen-bond acceptors (Lipinski definition) is 1. The van der Waals surface area contributed by atoms with E-state index in [1.165, 1.54) is 29.5 Å². The summed E-state index contributed by atoms with van der Waals surface area (Å²) in [6.07, 6.45) is 9.75. The summed E-state index contributed by atoms with van der Waals surface area (Å²) >= 11 is 7.00. The Morgan fingerprint density at radius 1 is 1.19 bits per heavy atom. The molecule has 0 atom stereocenters. The molecule has 1 aromatic heterocycles. The summed E-state index contributed by atoms with van der Waals surface area (Å²) in [6.45, 7) is 0. The fraction of sp³-hybridized carbons (Fsp3) is 0.700. The predicted molar refractivity (Wildman–Crippen MR) is 79.8 cm³/mol. The van der Waals surface area contributed by atoms with Gasteiger partial charge in [0.1, 0.15) is 0 Å². The van der Waals surface area contributed by atoms with E-state index in [0.29, 0.717) is 0 Å². The van der Waals surface area contributed by atoms with Crippen molar-refractivity contribution in [1.29, 1.82) is 0 Å². The minimum Gasteiger partial charge on any atom is -0.185 e. The molecule has 0 N–H and O–H groups in total. The van der Waals surface area contributed by atoms with E-state index in [1.807, 2.05) is 26.5 Å². The number of halogens is 2. The molecule has 0 amide bonds. The van der Waals surface area contributed by atoms with Crippen molar-refractivity contribution in [2.75, 3.05) is 0 Å². The normalized spacial score (nSPS) is 16.4. The molecule has 2 rings (SSSR count). The summed E-state index contributed by atoms with van der Waals surface area (Å²) in [4.78, 5) is 0. The van der Waals surface area contributed by atoms with Crippen LogP contribution in [0.25, 0.3) is 0 Å². The Labute approximate surface area is 136 Å². The molecule has 96 valence electrons. The van der Waals surface area contributed by atoms with Crippen LogP contribution < -0.4 is 0 Å². The predicted octanol–water partition coefficient (Wildman–Crippen LogP) is 3.37. The third kappa shape index (κ3) is 4.90. The molecule has 1 aliphatic rings. The van der Waals surface area contributed by atoms with Crippen molar-refractivity contribution in [3.63, 3.8) is 0 Å². The summed E-state index contributed by atoms with van der Waals surface area (Å²) in [5.41, 5.74) is 0. The van der Waals surface area contributed by atoms with Crippen LogP contribution in [0.5, 0.6) is 0 Å². The molecule has 1 aliphatic carbocycles. The van der Waals surface area contributed by atoms with Crippen LogP contribution in [0.3, 0.4) is 0 Å². The van der Waals surface area contributed by atoms with Crippen LogP contribution in [-0.4, -0.2) is 16.5 Å². The topological polar surface area (TPSA) is 13.1 Å². The zero-order valence-corrected chi connectivity index (χ0v) is 16.1. The molecule has 1 saturated carbocycles. The smallest absolute Gasteiger partial charge is 0.0311 e. The maximum atomic E-state index is 2.36. The van der Waals surface area contributed by atoms with Crippen molar-refractivity contribution in [1.82, 2.24) is 10.5 Å². The SMILES string of the molecule is Cn1ccn(C)[c]1=[Pt].IN(I)C1CCCC1. The van der Waals surface area contributed by atoms with Gasteiger partial charge in [0.05, 0.1) is 0 Å². The van der Waals surface area contributed by atoms with E-state index in [-0.39, 0.29) is 0 Å². The van der Waals surface area contributed by atoms with Gasteiger partial charge in [0.15, 0.2) is 0 Å². The molecule has 0 radical (unpaired) electrons. The van der Waals surface area contributed by atoms with Gasteiger partial charge in [-0.1, -0.05) is 12.8 Å². The Hall–Kier alpha value is 1.32. The molecule has 16 heavy (non-hydrogen) atoms. The quantitative estimate of drug-likeness (QED) is 0.344. The molecule has 1 heterocycles. The maximum absolute atomic E-state index is 2.36. The van der Waals surface area contributed by atoms with Crippen molar-refractivity contribution in [2.45, 2.75) is 31.7 Å². The van der Waals surface area contributed by atoms with Gasteiger partial charge in [0.25, 0.3) is 0 Å². The Morgan fingerprint density at radius 3 is 1.81 bits per heavy atom. The minimum atomic E-state index is 0.871. The summed E-state index contributed by atoms with van der Waals surface area (Å²) in [5.74, 6) is 0. The molecule has 6 heteroatoms. The summed E-state index contributed by atoms with van der Waals surface area (Å²) in [5, 5.41) is 0. The molecule has 0 unspecified atom stereocenters. The first kappa shape index (κ1) is 15.4. The van der Waals surface area contributed by atoms with Gasteiger partial charge in [-0.05, 0) is 12.8 Å². The average molecular weight is 628 g/mol. The van der Waals surface area contributed by atoms with Crippen molar-refractivity contribution in [3.05, 3.63) is 16.2 Å². The van der Waals surface area contributed by atoms with Crippen molar-refractivity contribution in [3.8, 4) is 0 Å². The Bertz CT molecular complexity index is 344. The van der Waals surface area contributed by atoms with Crippen LogP contribution >= 0.6 is 45.7 Å². The van der Waals surface area contributed by atoms with Gasteiger partial charge >= 0.3 is 58.8 Å². The van der Waals surface area contributed by atoms with Gasteiger partial charge in [-0.2, -0.15) is 1.33 Å². The Balaban J connectivity index is 0.000000160. The molecular formula is C10H17I2N3Pt. The van der Waals surface area contributed by atoms with Gasteiger partial charge in [-0.3, -0.25) is 0 Å². The van der Waals surface area contributed by atoms with E-state index in [0.717, 1.165) is 6.04 Å². The standard InChI is InChI=1S/C5H9I2N.C5H8N2.Pt/c6-8(7)5-3-1-2-4-5;1-6-3-4-7(2)5-6;/h5H,1-4H2;3-4H,1-2H3;. The van der Waals surface area contributed by atoms with Crippen LogP contribution in [0.15, 0.2) is 12.4 Å². The number of aryl methyl sites for hydroxylation is 2. The second kappa shape index (κ2) is 7.69. The molecule has 3 nitrogen and oxygen atoms in total. The van der Waals surface area contributed by atoms with Crippen LogP contribution in [0.4, 0.5) is 0 Å².